The highest BCUT2D eigenvalue weighted by Crippen LogP contribution is 2.14. The number of hydrogen-bond donors (Lipinski definition) is 2. The molecule has 13 heavy (non-hydrogen) atoms. The zero-order valence-electron chi connectivity index (χ0n) is 7.46. The van der Waals surface area contributed by atoms with Gasteiger partial charge in [0.1, 0.15) is 6.29 Å². The smallest absolute Gasteiger partial charge is 0.134 e. The first-order chi connectivity index (χ1) is 6.26. The number of nitrogens with two attached hydrogens (primary N) is 1. The second-order valence-electron chi connectivity index (χ2n) is 2.16. The highest BCUT2D eigenvalue weighted by Gasteiger charge is 1.89. The quantitative estimate of drug-likeness (QED) is 0.434. The van der Waals surface area contributed by atoms with E-state index in [1.54, 1.807) is 0 Å². The minimum absolute atomic E-state index is 0.111. The van der Waals surface area contributed by atoms with E-state index in [0.29, 0.717) is 6.29 Å². The summed E-state index contributed by atoms with van der Waals surface area (Å²) in [6.45, 7) is 0. The van der Waals surface area contributed by atoms with Gasteiger partial charge in [-0.2, -0.15) is 0 Å². The number of alkyl halides is 1. The van der Waals surface area contributed by atoms with Gasteiger partial charge in [0.25, 0.3) is 0 Å². The van der Waals surface area contributed by atoms with Gasteiger partial charge in [0.15, 0.2) is 0 Å². The van der Waals surface area contributed by atoms with Crippen LogP contribution in [-0.2, 0) is 4.79 Å². The Morgan fingerprint density at radius 2 is 2.08 bits per heavy atom. The molecule has 0 saturated carbocycles. The summed E-state index contributed by atoms with van der Waals surface area (Å²) in [5.74, 6) is 0.111. The van der Waals surface area contributed by atoms with Crippen LogP contribution in [0.3, 0.4) is 0 Å². The second-order valence-corrected chi connectivity index (χ2v) is 2.47. The lowest BCUT2D eigenvalue weighted by Gasteiger charge is -2.01. The summed E-state index contributed by atoms with van der Waals surface area (Å²) in [4.78, 5) is 9.04. The molecule has 0 aliphatic heterocycles. The molecule has 0 unspecified atom stereocenters. The van der Waals surface area contributed by atoms with E-state index < -0.39 is 0 Å². The fraction of sp³-hybridized carbons (Fsp3) is 0.222. The van der Waals surface area contributed by atoms with Crippen LogP contribution in [-0.4, -0.2) is 19.2 Å². The van der Waals surface area contributed by atoms with Crippen molar-refractivity contribution in [3.05, 3.63) is 24.3 Å². The Morgan fingerprint density at radius 3 is 2.38 bits per heavy atom. The van der Waals surface area contributed by atoms with Gasteiger partial charge in [-0.1, -0.05) is 12.1 Å². The third-order valence-corrected chi connectivity index (χ3v) is 1.42. The molecule has 0 aliphatic carbocycles. The summed E-state index contributed by atoms with van der Waals surface area (Å²) in [7, 11) is 1.85. The maximum absolute atomic E-state index is 9.04. The third-order valence-electron chi connectivity index (χ3n) is 1.29. The summed E-state index contributed by atoms with van der Waals surface area (Å²) < 4.78 is 0. The van der Waals surface area contributed by atoms with Crippen molar-refractivity contribution in [2.75, 3.05) is 24.0 Å². The van der Waals surface area contributed by atoms with Crippen LogP contribution in [0.4, 0.5) is 11.4 Å². The van der Waals surface area contributed by atoms with Crippen LogP contribution in [0.2, 0.25) is 0 Å². The van der Waals surface area contributed by atoms with Crippen molar-refractivity contribution in [3.8, 4) is 0 Å². The van der Waals surface area contributed by atoms with Gasteiger partial charge in [-0.05, 0) is 12.1 Å². The molecule has 0 radical (unpaired) electrons. The number of halogens is 1. The van der Waals surface area contributed by atoms with Gasteiger partial charge < -0.3 is 15.8 Å². The van der Waals surface area contributed by atoms with E-state index in [2.05, 4.69) is 5.32 Å². The number of benzene rings is 1. The first-order valence-corrected chi connectivity index (χ1v) is 4.31. The van der Waals surface area contributed by atoms with Crippen LogP contribution >= 0.6 is 11.6 Å². The van der Waals surface area contributed by atoms with Crippen molar-refractivity contribution >= 4 is 29.3 Å². The van der Waals surface area contributed by atoms with Gasteiger partial charge in [-0.15, -0.1) is 11.6 Å². The topological polar surface area (TPSA) is 55.1 Å². The Morgan fingerprint density at radius 1 is 1.54 bits per heavy atom. The molecule has 0 amide bonds. The molecule has 4 heteroatoms. The van der Waals surface area contributed by atoms with Crippen molar-refractivity contribution in [1.29, 1.82) is 0 Å². The van der Waals surface area contributed by atoms with Crippen molar-refractivity contribution in [2.24, 2.45) is 0 Å². The summed E-state index contributed by atoms with van der Waals surface area (Å²) in [5, 5.41) is 2.97. The second kappa shape index (κ2) is 7.43. The molecule has 0 fully saturated rings. The minimum Gasteiger partial charge on any atom is -0.397 e. The van der Waals surface area contributed by atoms with Crippen molar-refractivity contribution in [2.45, 2.75) is 0 Å². The lowest BCUT2D eigenvalue weighted by Crippen LogP contribution is -1.93. The average molecular weight is 201 g/mol. The molecule has 72 valence electrons. The molecular weight excluding hydrogens is 188 g/mol. The predicted molar refractivity (Wildman–Crippen MR) is 57.2 cm³/mol. The summed E-state index contributed by atoms with van der Waals surface area (Å²) >= 11 is 4.82. The Hall–Kier alpha value is -1.22. The largest absolute Gasteiger partial charge is 0.397 e. The first-order valence-electron chi connectivity index (χ1n) is 3.78. The molecule has 0 atom stereocenters. The van der Waals surface area contributed by atoms with E-state index in [1.165, 1.54) is 0 Å². The summed E-state index contributed by atoms with van der Waals surface area (Å²) in [5.41, 5.74) is 7.34. The Bertz CT molecular complexity index is 253. The van der Waals surface area contributed by atoms with Gasteiger partial charge in [-0.25, -0.2) is 0 Å². The molecular formula is C9H13ClN2O. The zero-order valence-corrected chi connectivity index (χ0v) is 8.21. The maximum Gasteiger partial charge on any atom is 0.134 e. The molecule has 1 rings (SSSR count). The van der Waals surface area contributed by atoms with E-state index in [0.717, 1.165) is 11.4 Å². The first kappa shape index (κ1) is 11.8. The maximum atomic E-state index is 9.04. The van der Waals surface area contributed by atoms with Gasteiger partial charge >= 0.3 is 0 Å². The normalized spacial score (nSPS) is 8.15. The van der Waals surface area contributed by atoms with Crippen LogP contribution in [0.25, 0.3) is 0 Å². The molecule has 1 aromatic rings. The lowest BCUT2D eigenvalue weighted by molar-refractivity contribution is -0.105. The third kappa shape index (κ3) is 5.09. The van der Waals surface area contributed by atoms with E-state index in [4.69, 9.17) is 22.1 Å². The van der Waals surface area contributed by atoms with Crippen LogP contribution in [0.15, 0.2) is 24.3 Å². The fourth-order valence-corrected chi connectivity index (χ4v) is 0.725. The Labute approximate surface area is 82.9 Å². The molecule has 3 N–H and O–H groups in total. The standard InChI is InChI=1S/C7H10N2.C2H3ClO/c1-9-7-5-3-2-4-6(7)8;3-1-2-4/h2-5,9H,8H2,1H3;2H,1H2. The fourth-order valence-electron chi connectivity index (χ4n) is 0.725. The summed E-state index contributed by atoms with van der Waals surface area (Å²) in [6, 6.07) is 7.67. The van der Waals surface area contributed by atoms with Crippen LogP contribution in [0.1, 0.15) is 0 Å². The van der Waals surface area contributed by atoms with E-state index in [-0.39, 0.29) is 5.88 Å². The number of nitrogen functional groups attached to an aromatic ring is 1. The molecule has 0 bridgehead atoms. The molecule has 3 nitrogen and oxygen atoms in total. The number of carbonyl (C=O) groups excluding carboxylic acids is 1. The van der Waals surface area contributed by atoms with Gasteiger partial charge in [-0.3, -0.25) is 0 Å². The lowest BCUT2D eigenvalue weighted by atomic mass is 10.3. The molecule has 0 aromatic heterocycles. The zero-order chi connectivity index (χ0) is 10.1. The van der Waals surface area contributed by atoms with E-state index in [1.807, 2.05) is 31.3 Å². The number of aldehydes is 1. The Kier molecular flexibility index (Phi) is 6.73. The van der Waals surface area contributed by atoms with Gasteiger partial charge in [0, 0.05) is 7.05 Å². The molecule has 0 heterocycles. The van der Waals surface area contributed by atoms with Crippen LogP contribution < -0.4 is 11.1 Å². The molecule has 1 aromatic carbocycles. The SMILES string of the molecule is CNc1ccccc1N.O=CCCl. The monoisotopic (exact) mass is 200 g/mol. The minimum atomic E-state index is 0.111. The van der Waals surface area contributed by atoms with Crippen molar-refractivity contribution in [3.63, 3.8) is 0 Å². The number of hydrogen-bond acceptors (Lipinski definition) is 3. The number of para-hydroxylation sites is 2. The van der Waals surface area contributed by atoms with Gasteiger partial charge in [0.2, 0.25) is 0 Å². The number of carbonyl (C=O) groups is 1. The number of anilines is 2. The van der Waals surface area contributed by atoms with E-state index >= 15 is 0 Å². The van der Waals surface area contributed by atoms with Crippen LogP contribution in [0.5, 0.6) is 0 Å². The molecule has 0 saturated heterocycles. The molecule has 0 aliphatic rings. The summed E-state index contributed by atoms with van der Waals surface area (Å²) in [6.07, 6.45) is 0.640. The van der Waals surface area contributed by atoms with Crippen molar-refractivity contribution < 1.29 is 4.79 Å². The number of rotatable bonds is 2. The Balaban J connectivity index is 0.000000310. The highest BCUT2D eigenvalue weighted by atomic mass is 35.5. The van der Waals surface area contributed by atoms with Gasteiger partial charge in [0.05, 0.1) is 17.3 Å². The highest BCUT2D eigenvalue weighted by molar-refractivity contribution is 6.24. The van der Waals surface area contributed by atoms with Crippen LogP contribution in [0, 0.1) is 0 Å². The van der Waals surface area contributed by atoms with E-state index in [9.17, 15) is 0 Å². The molecule has 0 spiro atoms. The predicted octanol–water partition coefficient (Wildman–Crippen LogP) is 1.73. The van der Waals surface area contributed by atoms with Crippen molar-refractivity contribution in [1.82, 2.24) is 0 Å². The average Bonchev–Trinajstić information content (AvgIpc) is 2.19. The number of nitrogens with one attached hydrogen (secondary N) is 1.